The minimum atomic E-state index is 0.902. The number of hydrogen-bond donors (Lipinski definition) is 0. The van der Waals surface area contributed by atoms with Gasteiger partial charge in [0.25, 0.3) is 0 Å². The van der Waals surface area contributed by atoms with Crippen LogP contribution in [0.2, 0.25) is 0 Å². The van der Waals surface area contributed by atoms with Crippen molar-refractivity contribution < 1.29 is 0 Å². The molecule has 0 radical (unpaired) electrons. The molecule has 0 aliphatic rings. The summed E-state index contributed by atoms with van der Waals surface area (Å²) in [7, 11) is 0. The Bertz CT molecular complexity index is 3490. The Morgan fingerprint density at radius 2 is 0.855 bits per heavy atom. The number of benzene rings is 8. The van der Waals surface area contributed by atoms with E-state index in [0.29, 0.717) is 0 Å². The summed E-state index contributed by atoms with van der Waals surface area (Å²) in [6, 6.07) is 62.9. The summed E-state index contributed by atoms with van der Waals surface area (Å²) >= 11 is 1.85. The molecule has 0 unspecified atom stereocenters. The molecule has 0 aliphatic carbocycles. The molecule has 4 aromatic heterocycles. The lowest BCUT2D eigenvalue weighted by Crippen LogP contribution is -1.96. The van der Waals surface area contributed by atoms with Crippen LogP contribution in [-0.2, 0) is 0 Å². The molecular weight excluding hydrogens is 687 g/mol. The minimum Gasteiger partial charge on any atom is -0.247 e. The van der Waals surface area contributed by atoms with Gasteiger partial charge in [-0.1, -0.05) is 146 Å². The van der Waals surface area contributed by atoms with Gasteiger partial charge >= 0.3 is 0 Å². The first-order valence-electron chi connectivity index (χ1n) is 18.6. The van der Waals surface area contributed by atoms with E-state index in [9.17, 15) is 0 Å². The van der Waals surface area contributed by atoms with Crippen molar-refractivity contribution in [3.63, 3.8) is 0 Å². The second-order valence-corrected chi connectivity index (χ2v) is 15.3. The fourth-order valence-electron chi connectivity index (χ4n) is 8.79. The number of rotatable bonds is 3. The van der Waals surface area contributed by atoms with Gasteiger partial charge in [0.2, 0.25) is 0 Å². The molecule has 254 valence electrons. The van der Waals surface area contributed by atoms with E-state index in [0.717, 1.165) is 88.0 Å². The highest BCUT2D eigenvalue weighted by molar-refractivity contribution is 7.26. The van der Waals surface area contributed by atoms with E-state index < -0.39 is 0 Å². The molecule has 0 atom stereocenters. The molecular formula is C51H29N3S. The van der Waals surface area contributed by atoms with Crippen LogP contribution < -0.4 is 0 Å². The molecule has 12 aromatic rings. The molecule has 4 heterocycles. The van der Waals surface area contributed by atoms with Crippen LogP contribution >= 0.6 is 11.3 Å². The lowest BCUT2D eigenvalue weighted by Gasteiger charge is -2.19. The van der Waals surface area contributed by atoms with Crippen molar-refractivity contribution in [3.8, 4) is 33.8 Å². The lowest BCUT2D eigenvalue weighted by molar-refractivity contribution is 1.37. The van der Waals surface area contributed by atoms with Crippen LogP contribution in [0.5, 0.6) is 0 Å². The average molecular weight is 716 g/mol. The predicted octanol–water partition coefficient (Wildman–Crippen LogP) is 14.2. The van der Waals surface area contributed by atoms with Gasteiger partial charge < -0.3 is 0 Å². The van der Waals surface area contributed by atoms with Crippen LogP contribution in [0.1, 0.15) is 0 Å². The van der Waals surface area contributed by atoms with Gasteiger partial charge in [0.15, 0.2) is 0 Å². The summed E-state index contributed by atoms with van der Waals surface area (Å²) in [5.41, 5.74) is 9.03. The highest BCUT2D eigenvalue weighted by Gasteiger charge is 2.22. The highest BCUT2D eigenvalue weighted by Crippen LogP contribution is 2.47. The van der Waals surface area contributed by atoms with Crippen molar-refractivity contribution >= 4 is 96.5 Å². The van der Waals surface area contributed by atoms with Crippen LogP contribution in [0.4, 0.5) is 0 Å². The summed E-state index contributed by atoms with van der Waals surface area (Å²) < 4.78 is 2.59. The first kappa shape index (κ1) is 30.5. The molecule has 8 aromatic carbocycles. The largest absolute Gasteiger partial charge is 0.247 e. The zero-order valence-electron chi connectivity index (χ0n) is 29.5. The third-order valence-electron chi connectivity index (χ3n) is 11.2. The predicted molar refractivity (Wildman–Crippen MR) is 234 cm³/mol. The number of nitrogens with zero attached hydrogens (tertiary/aromatic N) is 3. The van der Waals surface area contributed by atoms with E-state index >= 15 is 0 Å². The van der Waals surface area contributed by atoms with Gasteiger partial charge in [0, 0.05) is 58.4 Å². The quantitative estimate of drug-likeness (QED) is 0.135. The SMILES string of the molecule is c1ccc(-c2ccc3ccc4ccc(-c5c6ccccc6c(-c6nc7ccc8sc9ccccc9c8c7c7ccccc67)c6ccccc56)nc4c3n2)cc1. The van der Waals surface area contributed by atoms with Crippen molar-refractivity contribution in [2.45, 2.75) is 0 Å². The maximum atomic E-state index is 5.60. The fourth-order valence-corrected chi connectivity index (χ4v) is 9.90. The van der Waals surface area contributed by atoms with Crippen LogP contribution in [0, 0.1) is 0 Å². The van der Waals surface area contributed by atoms with Crippen LogP contribution in [-0.4, -0.2) is 15.0 Å². The Hall–Kier alpha value is -7.01. The standard InChI is InChI=1S/C51H29N3S/c1-2-12-30(13-3-1)40-26-24-31-22-23-32-25-27-41(53-50(32)49(31)52-40)45-33-14-4-6-16-35(33)46(36-17-7-5-15-34(36)45)51-38-19-9-8-18-37(38)47-42(54-51)28-29-44-48(47)39-20-10-11-21-43(39)55-44/h1-29H. The van der Waals surface area contributed by atoms with Crippen molar-refractivity contribution in [3.05, 3.63) is 176 Å². The molecule has 55 heavy (non-hydrogen) atoms. The Labute approximate surface area is 319 Å². The Kier molecular flexibility index (Phi) is 6.50. The lowest BCUT2D eigenvalue weighted by atomic mass is 9.87. The monoisotopic (exact) mass is 715 g/mol. The summed E-state index contributed by atoms with van der Waals surface area (Å²) in [5.74, 6) is 0. The van der Waals surface area contributed by atoms with Crippen LogP contribution in [0.3, 0.4) is 0 Å². The zero-order valence-corrected chi connectivity index (χ0v) is 30.3. The third-order valence-corrected chi connectivity index (χ3v) is 12.4. The molecule has 0 saturated carbocycles. The van der Waals surface area contributed by atoms with Gasteiger partial charge in [-0.2, -0.15) is 0 Å². The number of fused-ring (bicyclic) bond motifs is 12. The average Bonchev–Trinajstić information content (AvgIpc) is 3.64. The van der Waals surface area contributed by atoms with E-state index in [1.54, 1.807) is 0 Å². The van der Waals surface area contributed by atoms with Gasteiger partial charge in [-0.05, 0) is 57.3 Å². The number of hydrogen-bond acceptors (Lipinski definition) is 4. The Balaban J connectivity index is 1.16. The summed E-state index contributed by atoms with van der Waals surface area (Å²) in [4.78, 5) is 16.3. The molecule has 4 heteroatoms. The Morgan fingerprint density at radius 3 is 1.55 bits per heavy atom. The van der Waals surface area contributed by atoms with Gasteiger partial charge in [0.05, 0.1) is 33.6 Å². The first-order valence-corrected chi connectivity index (χ1v) is 19.4. The topological polar surface area (TPSA) is 38.7 Å². The smallest absolute Gasteiger partial charge is 0.0972 e. The molecule has 0 aliphatic heterocycles. The van der Waals surface area contributed by atoms with E-state index in [2.05, 4.69) is 170 Å². The maximum absolute atomic E-state index is 5.60. The summed E-state index contributed by atoms with van der Waals surface area (Å²) in [5, 5.41) is 12.9. The van der Waals surface area contributed by atoms with E-state index in [1.807, 2.05) is 17.4 Å². The highest BCUT2D eigenvalue weighted by atomic mass is 32.1. The van der Waals surface area contributed by atoms with Crippen LogP contribution in [0.25, 0.3) is 119 Å². The summed E-state index contributed by atoms with van der Waals surface area (Å²) in [6.07, 6.45) is 0. The molecule has 3 nitrogen and oxygen atoms in total. The maximum Gasteiger partial charge on any atom is 0.0972 e. The van der Waals surface area contributed by atoms with Crippen molar-refractivity contribution in [2.75, 3.05) is 0 Å². The van der Waals surface area contributed by atoms with E-state index in [4.69, 9.17) is 15.0 Å². The number of aromatic nitrogens is 3. The van der Waals surface area contributed by atoms with Gasteiger partial charge in [-0.25, -0.2) is 15.0 Å². The van der Waals surface area contributed by atoms with E-state index in [-0.39, 0.29) is 0 Å². The second kappa shape index (κ2) is 11.7. The Morgan fingerprint density at radius 1 is 0.327 bits per heavy atom. The molecule has 0 saturated heterocycles. The minimum absolute atomic E-state index is 0.902. The van der Waals surface area contributed by atoms with Crippen LogP contribution in [0.15, 0.2) is 176 Å². The normalized spacial score (nSPS) is 12.0. The van der Waals surface area contributed by atoms with Crippen molar-refractivity contribution in [1.82, 2.24) is 15.0 Å². The third kappa shape index (κ3) is 4.52. The van der Waals surface area contributed by atoms with Crippen molar-refractivity contribution in [1.29, 1.82) is 0 Å². The molecule has 0 bridgehead atoms. The second-order valence-electron chi connectivity index (χ2n) is 14.2. The molecule has 0 spiro atoms. The molecule has 12 rings (SSSR count). The summed E-state index contributed by atoms with van der Waals surface area (Å²) in [6.45, 7) is 0. The number of pyridine rings is 3. The fraction of sp³-hybridized carbons (Fsp3) is 0. The van der Waals surface area contributed by atoms with Gasteiger partial charge in [-0.15, -0.1) is 11.3 Å². The van der Waals surface area contributed by atoms with Gasteiger partial charge in [0.1, 0.15) is 0 Å². The molecule has 0 amide bonds. The molecule has 0 fully saturated rings. The van der Waals surface area contributed by atoms with E-state index in [1.165, 1.54) is 30.9 Å². The van der Waals surface area contributed by atoms with Crippen molar-refractivity contribution in [2.24, 2.45) is 0 Å². The number of thiophene rings is 1. The first-order chi connectivity index (χ1) is 27.3. The van der Waals surface area contributed by atoms with Gasteiger partial charge in [-0.3, -0.25) is 0 Å². The molecule has 0 N–H and O–H groups in total. The zero-order chi connectivity index (χ0) is 36.0.